The fraction of sp³-hybridized carbons (Fsp3) is 0.263. The van der Waals surface area contributed by atoms with Crippen LogP contribution in [0.3, 0.4) is 0 Å². The molecule has 4 nitrogen and oxygen atoms in total. The maximum atomic E-state index is 13.1. The zero-order valence-corrected chi connectivity index (χ0v) is 12.7. The molecule has 0 aliphatic carbocycles. The van der Waals surface area contributed by atoms with Gasteiger partial charge in [0.25, 0.3) is 0 Å². The molecular formula is C19H17NO3. The Kier molecular flexibility index (Phi) is 3.27. The van der Waals surface area contributed by atoms with Crippen molar-refractivity contribution in [2.45, 2.75) is 18.4 Å². The van der Waals surface area contributed by atoms with E-state index in [2.05, 4.69) is 0 Å². The monoisotopic (exact) mass is 307 g/mol. The molecule has 4 heteroatoms. The Balaban J connectivity index is 1.71. The van der Waals surface area contributed by atoms with Crippen LogP contribution in [0.2, 0.25) is 0 Å². The van der Waals surface area contributed by atoms with E-state index in [1.54, 1.807) is 12.1 Å². The van der Waals surface area contributed by atoms with Crippen molar-refractivity contribution in [1.29, 1.82) is 0 Å². The van der Waals surface area contributed by atoms with Gasteiger partial charge < -0.3 is 9.64 Å². The molecule has 23 heavy (non-hydrogen) atoms. The van der Waals surface area contributed by atoms with Crippen LogP contribution in [0.15, 0.2) is 48.5 Å². The highest BCUT2D eigenvalue weighted by molar-refractivity contribution is 6.08. The molecule has 2 heterocycles. The Morgan fingerprint density at radius 2 is 1.91 bits per heavy atom. The first-order valence-electron chi connectivity index (χ1n) is 7.78. The second-order valence-corrected chi connectivity index (χ2v) is 6.15. The summed E-state index contributed by atoms with van der Waals surface area (Å²) in [5, 5.41) is 0. The van der Waals surface area contributed by atoms with Gasteiger partial charge in [-0.25, -0.2) is 0 Å². The molecule has 1 atom stereocenters. The first kappa shape index (κ1) is 14.2. The van der Waals surface area contributed by atoms with E-state index >= 15 is 0 Å². The Bertz CT molecular complexity index is 760. The van der Waals surface area contributed by atoms with E-state index in [1.165, 1.54) is 0 Å². The zero-order valence-electron chi connectivity index (χ0n) is 12.7. The number of nitrogens with zero attached hydrogens (tertiary/aromatic N) is 1. The molecule has 0 bridgehead atoms. The van der Waals surface area contributed by atoms with Crippen LogP contribution >= 0.6 is 0 Å². The van der Waals surface area contributed by atoms with Crippen LogP contribution in [0.1, 0.15) is 27.9 Å². The quantitative estimate of drug-likeness (QED) is 0.819. The van der Waals surface area contributed by atoms with Gasteiger partial charge in [-0.05, 0) is 23.6 Å². The van der Waals surface area contributed by atoms with Gasteiger partial charge in [-0.2, -0.15) is 0 Å². The summed E-state index contributed by atoms with van der Waals surface area (Å²) in [6.45, 7) is 1.60. The molecule has 1 fully saturated rings. The molecule has 2 aromatic rings. The average molecular weight is 307 g/mol. The van der Waals surface area contributed by atoms with Crippen molar-refractivity contribution in [3.63, 3.8) is 0 Å². The number of para-hydroxylation sites is 1. The van der Waals surface area contributed by atoms with E-state index in [9.17, 15) is 9.59 Å². The van der Waals surface area contributed by atoms with E-state index in [0.29, 0.717) is 25.3 Å². The van der Waals surface area contributed by atoms with Crippen molar-refractivity contribution in [3.05, 3.63) is 65.2 Å². The molecule has 1 saturated heterocycles. The fourth-order valence-electron chi connectivity index (χ4n) is 3.58. The zero-order chi connectivity index (χ0) is 15.9. The fourth-order valence-corrected chi connectivity index (χ4v) is 3.58. The minimum absolute atomic E-state index is 0.121. The number of carbonyl (C=O) groups excluding carboxylic acids is 2. The summed E-state index contributed by atoms with van der Waals surface area (Å²) in [4.78, 5) is 25.7. The maximum absolute atomic E-state index is 13.1. The Hall–Kier alpha value is -2.46. The van der Waals surface area contributed by atoms with Gasteiger partial charge in [0.1, 0.15) is 11.7 Å². The van der Waals surface area contributed by atoms with Gasteiger partial charge in [-0.1, -0.05) is 42.5 Å². The predicted octanol–water partition coefficient (Wildman–Crippen LogP) is 2.70. The number of ether oxygens (including phenoxy) is 1. The number of hydrogen-bond acceptors (Lipinski definition) is 3. The van der Waals surface area contributed by atoms with Crippen molar-refractivity contribution in [3.8, 4) is 0 Å². The van der Waals surface area contributed by atoms with E-state index in [-0.39, 0.29) is 5.91 Å². The Labute approximate surface area is 134 Å². The van der Waals surface area contributed by atoms with E-state index < -0.39 is 5.41 Å². The van der Waals surface area contributed by atoms with Crippen molar-refractivity contribution in [1.82, 2.24) is 0 Å². The van der Waals surface area contributed by atoms with E-state index in [4.69, 9.17) is 4.74 Å². The molecule has 2 aliphatic rings. The lowest BCUT2D eigenvalue weighted by atomic mass is 9.81. The van der Waals surface area contributed by atoms with Crippen LogP contribution in [0.5, 0.6) is 0 Å². The highest BCUT2D eigenvalue weighted by Crippen LogP contribution is 2.46. The molecule has 0 radical (unpaired) electrons. The summed E-state index contributed by atoms with van der Waals surface area (Å²) < 4.78 is 5.55. The molecule has 116 valence electrons. The average Bonchev–Trinajstić information content (AvgIpc) is 3.17. The largest absolute Gasteiger partial charge is 0.380 e. The lowest BCUT2D eigenvalue weighted by molar-refractivity contribution is -0.123. The van der Waals surface area contributed by atoms with Gasteiger partial charge >= 0.3 is 0 Å². The van der Waals surface area contributed by atoms with E-state index in [1.807, 2.05) is 41.3 Å². The lowest BCUT2D eigenvalue weighted by Gasteiger charge is -2.22. The van der Waals surface area contributed by atoms with Crippen LogP contribution < -0.4 is 4.90 Å². The van der Waals surface area contributed by atoms with Crippen LogP contribution in [-0.2, 0) is 21.5 Å². The third-order valence-corrected chi connectivity index (χ3v) is 4.84. The van der Waals surface area contributed by atoms with E-state index in [0.717, 1.165) is 29.5 Å². The van der Waals surface area contributed by atoms with Gasteiger partial charge in [-0.3, -0.25) is 9.59 Å². The molecule has 1 spiro atoms. The van der Waals surface area contributed by atoms with Crippen LogP contribution in [-0.4, -0.2) is 25.4 Å². The molecule has 1 unspecified atom stereocenters. The summed E-state index contributed by atoms with van der Waals surface area (Å²) in [5.74, 6) is 0.121. The SMILES string of the molecule is O=Cc1ccc(CN2C(=O)C3(CCOC3)c3ccccc32)cc1. The normalized spacial score (nSPS) is 22.6. The van der Waals surface area contributed by atoms with Gasteiger partial charge in [0.05, 0.1) is 13.2 Å². The summed E-state index contributed by atoms with van der Waals surface area (Å²) in [6, 6.07) is 15.3. The van der Waals surface area contributed by atoms with Gasteiger partial charge in [-0.15, -0.1) is 0 Å². The first-order valence-corrected chi connectivity index (χ1v) is 7.78. The summed E-state index contributed by atoms with van der Waals surface area (Å²) in [6.07, 6.45) is 1.56. The predicted molar refractivity (Wildman–Crippen MR) is 86.6 cm³/mol. The number of rotatable bonds is 3. The summed E-state index contributed by atoms with van der Waals surface area (Å²) in [5.41, 5.74) is 3.19. The number of aldehydes is 1. The molecule has 2 aromatic carbocycles. The van der Waals surface area contributed by atoms with Gasteiger partial charge in [0.2, 0.25) is 5.91 Å². The number of amides is 1. The maximum Gasteiger partial charge on any atom is 0.240 e. The molecule has 2 aliphatic heterocycles. The standard InChI is InChI=1S/C19H17NO3/c21-12-15-7-5-14(6-8-15)11-20-17-4-2-1-3-16(17)19(18(20)22)9-10-23-13-19/h1-8,12H,9-11,13H2. The van der Waals surface area contributed by atoms with Crippen molar-refractivity contribution in [2.24, 2.45) is 0 Å². The highest BCUT2D eigenvalue weighted by atomic mass is 16.5. The first-order chi connectivity index (χ1) is 11.2. The lowest BCUT2D eigenvalue weighted by Crippen LogP contribution is -2.40. The molecule has 1 amide bonds. The number of anilines is 1. The Morgan fingerprint density at radius 3 is 2.61 bits per heavy atom. The molecule has 4 rings (SSSR count). The Morgan fingerprint density at radius 1 is 1.13 bits per heavy atom. The van der Waals surface area contributed by atoms with Gasteiger partial charge in [0.15, 0.2) is 0 Å². The highest BCUT2D eigenvalue weighted by Gasteiger charge is 2.52. The number of hydrogen-bond donors (Lipinski definition) is 0. The van der Waals surface area contributed by atoms with Crippen LogP contribution in [0.25, 0.3) is 0 Å². The molecule has 0 saturated carbocycles. The summed E-state index contributed by atoms with van der Waals surface area (Å²) in [7, 11) is 0. The second-order valence-electron chi connectivity index (χ2n) is 6.15. The smallest absolute Gasteiger partial charge is 0.240 e. The topological polar surface area (TPSA) is 46.6 Å². The second kappa shape index (κ2) is 5.32. The molecule has 0 aromatic heterocycles. The minimum Gasteiger partial charge on any atom is -0.380 e. The van der Waals surface area contributed by atoms with Crippen molar-refractivity contribution < 1.29 is 14.3 Å². The molecule has 0 N–H and O–H groups in total. The van der Waals surface area contributed by atoms with Crippen LogP contribution in [0, 0.1) is 0 Å². The number of fused-ring (bicyclic) bond motifs is 2. The minimum atomic E-state index is -0.515. The van der Waals surface area contributed by atoms with Gasteiger partial charge in [0, 0.05) is 17.9 Å². The van der Waals surface area contributed by atoms with Crippen LogP contribution in [0.4, 0.5) is 5.69 Å². The number of benzene rings is 2. The summed E-state index contributed by atoms with van der Waals surface area (Å²) >= 11 is 0. The van der Waals surface area contributed by atoms with Crippen molar-refractivity contribution in [2.75, 3.05) is 18.1 Å². The third-order valence-electron chi connectivity index (χ3n) is 4.84. The number of carbonyl (C=O) groups is 2. The van der Waals surface area contributed by atoms with Crippen molar-refractivity contribution >= 4 is 17.9 Å². The molecular weight excluding hydrogens is 290 g/mol. The third kappa shape index (κ3) is 2.10.